The average Bonchev–Trinajstić information content (AvgIpc) is 2.69. The van der Waals surface area contributed by atoms with Crippen molar-refractivity contribution in [1.29, 1.82) is 0 Å². The second-order valence-corrected chi connectivity index (χ2v) is 7.63. The summed E-state index contributed by atoms with van der Waals surface area (Å²) in [7, 11) is 0. The molecule has 1 saturated carbocycles. The molecule has 2 fully saturated rings. The molecule has 2 aliphatic rings. The van der Waals surface area contributed by atoms with Gasteiger partial charge in [-0.25, -0.2) is 0 Å². The summed E-state index contributed by atoms with van der Waals surface area (Å²) < 4.78 is 5.14. The minimum Gasteiger partial charge on any atom is -0.394 e. The molecule has 5 N–H and O–H groups in total. The van der Waals surface area contributed by atoms with E-state index in [9.17, 15) is 44.7 Å². The number of carbonyl (C=O) groups excluding carboxylic acids is 4. The first kappa shape index (κ1) is 22.3. The molecule has 1 aliphatic heterocycles. The third kappa shape index (κ3) is 3.51. The molecule has 1 heterocycles. The smallest absolute Gasteiger partial charge is 0.261 e. The molecule has 1 aromatic rings. The Morgan fingerprint density at radius 1 is 1.03 bits per heavy atom. The maximum Gasteiger partial charge on any atom is 0.261 e. The molecule has 10 nitrogen and oxygen atoms in total. The Labute approximate surface area is 170 Å². The van der Waals surface area contributed by atoms with Crippen LogP contribution in [0.5, 0.6) is 0 Å². The van der Waals surface area contributed by atoms with E-state index in [0.717, 1.165) is 0 Å². The first-order chi connectivity index (χ1) is 14.0. The molecule has 5 atom stereocenters. The summed E-state index contributed by atoms with van der Waals surface area (Å²) in [5, 5.41) is 52.6. The molecule has 3 rings (SSSR count). The van der Waals surface area contributed by atoms with E-state index >= 15 is 0 Å². The Morgan fingerprint density at radius 2 is 1.60 bits per heavy atom. The molecule has 10 heteroatoms. The van der Waals surface area contributed by atoms with Crippen molar-refractivity contribution < 1.29 is 49.4 Å². The third-order valence-electron chi connectivity index (χ3n) is 5.58. The molecule has 0 unspecified atom stereocenters. The molecule has 0 bridgehead atoms. The van der Waals surface area contributed by atoms with Gasteiger partial charge in [0.05, 0.1) is 19.4 Å². The maximum atomic E-state index is 13.2. The van der Waals surface area contributed by atoms with E-state index in [1.165, 1.54) is 12.1 Å². The SMILES string of the molecule is O=C1CC(=O)C(C(=O)[C@]2(O)O[C@H](CO)[C@@H](O)[C@H](O)[C@]2(O)Cc2ccccc2)C(=O)C1. The standard InChI is InChI=1S/C20H22O10/c21-9-14-16(25)18(27)19(28,8-10-4-2-1-3-5-10)20(29,30-14)17(26)15-12(23)6-11(22)7-13(15)24/h1-5,14-16,18,21,25,27-29H,6-9H2/t14-,16-,18+,19-,20+/m1/s1. The van der Waals surface area contributed by atoms with Gasteiger partial charge in [0, 0.05) is 6.42 Å². The fourth-order valence-corrected chi connectivity index (χ4v) is 3.95. The maximum absolute atomic E-state index is 13.2. The predicted molar refractivity (Wildman–Crippen MR) is 96.8 cm³/mol. The number of rotatable bonds is 5. The Kier molecular flexibility index (Phi) is 6.01. The number of carbonyl (C=O) groups is 4. The molecule has 1 aliphatic carbocycles. The zero-order chi connectivity index (χ0) is 22.3. The topological polar surface area (TPSA) is 179 Å². The van der Waals surface area contributed by atoms with Crippen molar-refractivity contribution >= 4 is 23.1 Å². The van der Waals surface area contributed by atoms with E-state index in [2.05, 4.69) is 0 Å². The molecule has 1 saturated heterocycles. The van der Waals surface area contributed by atoms with Gasteiger partial charge in [-0.3, -0.25) is 19.2 Å². The predicted octanol–water partition coefficient (Wildman–Crippen LogP) is -2.55. The van der Waals surface area contributed by atoms with Gasteiger partial charge in [-0.15, -0.1) is 0 Å². The Hall–Kier alpha value is -2.34. The molecular weight excluding hydrogens is 400 g/mol. The lowest BCUT2D eigenvalue weighted by atomic mass is 9.69. The zero-order valence-electron chi connectivity index (χ0n) is 15.8. The zero-order valence-corrected chi connectivity index (χ0v) is 15.8. The number of hydrogen-bond donors (Lipinski definition) is 5. The van der Waals surface area contributed by atoms with Crippen molar-refractivity contribution in [3.8, 4) is 0 Å². The monoisotopic (exact) mass is 422 g/mol. The summed E-state index contributed by atoms with van der Waals surface area (Å²) in [6, 6.07) is 7.85. The van der Waals surface area contributed by atoms with Crippen LogP contribution in [0.2, 0.25) is 0 Å². The number of ketones is 4. The highest BCUT2D eigenvalue weighted by atomic mass is 16.7. The van der Waals surface area contributed by atoms with Crippen LogP contribution in [0.15, 0.2) is 30.3 Å². The van der Waals surface area contributed by atoms with E-state index in [4.69, 9.17) is 4.74 Å². The van der Waals surface area contributed by atoms with Crippen LogP contribution in [0.3, 0.4) is 0 Å². The number of benzene rings is 1. The molecule has 0 radical (unpaired) electrons. The summed E-state index contributed by atoms with van der Waals surface area (Å²) in [5.74, 6) is -9.80. The highest BCUT2D eigenvalue weighted by Crippen LogP contribution is 2.42. The molecule has 162 valence electrons. The average molecular weight is 422 g/mol. The van der Waals surface area contributed by atoms with Crippen LogP contribution in [-0.4, -0.2) is 85.0 Å². The summed E-state index contributed by atoms with van der Waals surface area (Å²) in [4.78, 5) is 49.1. The Bertz CT molecular complexity index is 848. The number of Topliss-reactive ketones (excluding diaryl/α,β-unsaturated/α-hetero) is 4. The highest BCUT2D eigenvalue weighted by molar-refractivity contribution is 6.30. The van der Waals surface area contributed by atoms with Crippen molar-refractivity contribution in [2.75, 3.05) is 6.61 Å². The summed E-state index contributed by atoms with van der Waals surface area (Å²) >= 11 is 0. The fraction of sp³-hybridized carbons (Fsp3) is 0.500. The molecule has 1 aromatic carbocycles. The van der Waals surface area contributed by atoms with E-state index < -0.39 is 84.6 Å². The van der Waals surface area contributed by atoms with Gasteiger partial charge in [0.2, 0.25) is 5.78 Å². The van der Waals surface area contributed by atoms with Crippen molar-refractivity contribution in [3.63, 3.8) is 0 Å². The minimum atomic E-state index is -3.33. The summed E-state index contributed by atoms with van der Waals surface area (Å²) in [5.41, 5.74) is -2.54. The lowest BCUT2D eigenvalue weighted by Crippen LogP contribution is -2.77. The minimum absolute atomic E-state index is 0.333. The van der Waals surface area contributed by atoms with Crippen LogP contribution in [0.1, 0.15) is 18.4 Å². The lowest BCUT2D eigenvalue weighted by molar-refractivity contribution is -0.370. The van der Waals surface area contributed by atoms with Gasteiger partial charge in [0.25, 0.3) is 5.79 Å². The van der Waals surface area contributed by atoms with E-state index in [-0.39, 0.29) is 0 Å². The van der Waals surface area contributed by atoms with Gasteiger partial charge >= 0.3 is 0 Å². The van der Waals surface area contributed by atoms with E-state index in [1.54, 1.807) is 18.2 Å². The summed E-state index contributed by atoms with van der Waals surface area (Å²) in [6.07, 6.45) is -7.78. The van der Waals surface area contributed by atoms with Crippen molar-refractivity contribution in [1.82, 2.24) is 0 Å². The fourth-order valence-electron chi connectivity index (χ4n) is 3.95. The van der Waals surface area contributed by atoms with Crippen LogP contribution in [-0.2, 0) is 30.3 Å². The normalized spacial score (nSPS) is 35.5. The van der Waals surface area contributed by atoms with Crippen LogP contribution in [0.25, 0.3) is 0 Å². The molecule has 0 aromatic heterocycles. The van der Waals surface area contributed by atoms with Gasteiger partial charge < -0.3 is 30.3 Å². The van der Waals surface area contributed by atoms with Gasteiger partial charge in [0.15, 0.2) is 17.2 Å². The second kappa shape index (κ2) is 8.06. The Morgan fingerprint density at radius 3 is 2.13 bits per heavy atom. The Balaban J connectivity index is 2.07. The molecule has 0 amide bonds. The van der Waals surface area contributed by atoms with Crippen LogP contribution >= 0.6 is 0 Å². The van der Waals surface area contributed by atoms with Crippen LogP contribution < -0.4 is 0 Å². The number of aliphatic hydroxyl groups excluding tert-OH is 3. The van der Waals surface area contributed by atoms with Gasteiger partial charge in [0.1, 0.15) is 30.0 Å². The van der Waals surface area contributed by atoms with Crippen molar-refractivity contribution in [2.24, 2.45) is 5.92 Å². The van der Waals surface area contributed by atoms with Gasteiger partial charge in [-0.1, -0.05) is 30.3 Å². The van der Waals surface area contributed by atoms with E-state index in [0.29, 0.717) is 5.56 Å². The first-order valence-corrected chi connectivity index (χ1v) is 9.30. The molecule has 30 heavy (non-hydrogen) atoms. The number of ether oxygens (including phenoxy) is 1. The van der Waals surface area contributed by atoms with E-state index in [1.807, 2.05) is 0 Å². The van der Waals surface area contributed by atoms with Gasteiger partial charge in [-0.05, 0) is 5.56 Å². The lowest BCUT2D eigenvalue weighted by Gasteiger charge is -2.52. The summed E-state index contributed by atoms with van der Waals surface area (Å²) in [6.45, 7) is -0.944. The number of hydrogen-bond acceptors (Lipinski definition) is 10. The second-order valence-electron chi connectivity index (χ2n) is 7.63. The number of aliphatic hydroxyl groups is 5. The molecular formula is C20H22O10. The first-order valence-electron chi connectivity index (χ1n) is 9.30. The quantitative estimate of drug-likeness (QED) is 0.317. The highest BCUT2D eigenvalue weighted by Gasteiger charge is 2.68. The van der Waals surface area contributed by atoms with Crippen molar-refractivity contribution in [2.45, 2.75) is 49.0 Å². The van der Waals surface area contributed by atoms with Crippen LogP contribution in [0.4, 0.5) is 0 Å². The van der Waals surface area contributed by atoms with Crippen molar-refractivity contribution in [3.05, 3.63) is 35.9 Å². The molecule has 0 spiro atoms. The third-order valence-corrected chi connectivity index (χ3v) is 5.58. The van der Waals surface area contributed by atoms with Gasteiger partial charge in [-0.2, -0.15) is 0 Å². The largest absolute Gasteiger partial charge is 0.394 e. The van der Waals surface area contributed by atoms with Crippen LogP contribution in [0, 0.1) is 5.92 Å².